The maximum absolute atomic E-state index is 5.72. The number of hydrogen-bond acceptors (Lipinski definition) is 4. The molecule has 0 amide bonds. The summed E-state index contributed by atoms with van der Waals surface area (Å²) in [6, 6.07) is 3.98. The number of aromatic nitrogens is 1. The van der Waals surface area contributed by atoms with Gasteiger partial charge in [-0.05, 0) is 50.2 Å². The molecular weight excluding hydrogens is 431 g/mol. The van der Waals surface area contributed by atoms with Crippen molar-refractivity contribution >= 4 is 29.9 Å². The van der Waals surface area contributed by atoms with Crippen LogP contribution in [0.4, 0.5) is 0 Å². The Labute approximate surface area is 168 Å². The maximum Gasteiger partial charge on any atom is 0.213 e. The van der Waals surface area contributed by atoms with Crippen molar-refractivity contribution in [3.63, 3.8) is 0 Å². The summed E-state index contributed by atoms with van der Waals surface area (Å²) in [7, 11) is 1.78. The fraction of sp³-hybridized carbons (Fsp3) is 0.667. The van der Waals surface area contributed by atoms with Gasteiger partial charge >= 0.3 is 0 Å². The monoisotopic (exact) mass is 462 g/mol. The Balaban J connectivity index is 0.00000312. The highest BCUT2D eigenvalue weighted by Gasteiger charge is 2.22. The second-order valence-electron chi connectivity index (χ2n) is 6.01. The maximum atomic E-state index is 5.72. The molecule has 1 heterocycles. The first-order valence-corrected chi connectivity index (χ1v) is 8.91. The molecule has 0 saturated heterocycles. The van der Waals surface area contributed by atoms with Crippen LogP contribution in [-0.4, -0.2) is 44.4 Å². The van der Waals surface area contributed by atoms with Crippen molar-refractivity contribution in [2.75, 3.05) is 33.4 Å². The lowest BCUT2D eigenvalue weighted by atomic mass is 10.2. The van der Waals surface area contributed by atoms with E-state index in [0.29, 0.717) is 12.4 Å². The minimum Gasteiger partial charge on any atom is -0.477 e. The number of pyridine rings is 1. The molecular formula is C18H31IN4O2. The lowest BCUT2D eigenvalue weighted by molar-refractivity contribution is 0.143. The zero-order valence-electron chi connectivity index (χ0n) is 15.3. The SMILES string of the molecule is CCOCCCCNC(=NC)NCc1ccnc(OCC2CC2)c1.I. The summed E-state index contributed by atoms with van der Waals surface area (Å²) in [5.74, 6) is 2.25. The molecule has 0 spiro atoms. The van der Waals surface area contributed by atoms with Gasteiger partial charge < -0.3 is 20.1 Å². The zero-order valence-corrected chi connectivity index (χ0v) is 17.6. The van der Waals surface area contributed by atoms with Crippen molar-refractivity contribution in [3.05, 3.63) is 23.9 Å². The number of unbranched alkanes of at least 4 members (excludes halogenated alkanes) is 1. The van der Waals surface area contributed by atoms with E-state index in [2.05, 4.69) is 20.6 Å². The van der Waals surface area contributed by atoms with Gasteiger partial charge in [-0.25, -0.2) is 4.98 Å². The Kier molecular flexibility index (Phi) is 11.6. The van der Waals surface area contributed by atoms with Crippen LogP contribution in [0.1, 0.15) is 38.2 Å². The summed E-state index contributed by atoms with van der Waals surface area (Å²) in [5, 5.41) is 6.63. The molecule has 1 aromatic rings. The first-order valence-electron chi connectivity index (χ1n) is 8.91. The molecule has 0 atom stereocenters. The van der Waals surface area contributed by atoms with Crippen molar-refractivity contribution in [3.8, 4) is 5.88 Å². The van der Waals surface area contributed by atoms with Crippen molar-refractivity contribution in [2.45, 2.75) is 39.2 Å². The zero-order chi connectivity index (χ0) is 17.0. The van der Waals surface area contributed by atoms with Gasteiger partial charge in [-0.3, -0.25) is 4.99 Å². The van der Waals surface area contributed by atoms with Crippen LogP contribution in [0.15, 0.2) is 23.3 Å². The van der Waals surface area contributed by atoms with Crippen LogP contribution in [-0.2, 0) is 11.3 Å². The average Bonchev–Trinajstić information content (AvgIpc) is 3.43. The molecule has 1 saturated carbocycles. The standard InChI is InChI=1S/C18H30N4O2.HI/c1-3-23-11-5-4-9-21-18(19-2)22-13-16-8-10-20-17(12-16)24-14-15-6-7-15;/h8,10,12,15H,3-7,9,11,13-14H2,1-2H3,(H2,19,21,22);1H. The number of hydrogen-bond donors (Lipinski definition) is 2. The van der Waals surface area contributed by atoms with Gasteiger partial charge in [0.1, 0.15) is 0 Å². The average molecular weight is 462 g/mol. The van der Waals surface area contributed by atoms with Gasteiger partial charge in [0.05, 0.1) is 6.61 Å². The molecule has 2 N–H and O–H groups in total. The number of nitrogens with zero attached hydrogens (tertiary/aromatic N) is 2. The molecule has 1 aliphatic carbocycles. The van der Waals surface area contributed by atoms with Gasteiger partial charge in [0.15, 0.2) is 5.96 Å². The van der Waals surface area contributed by atoms with E-state index in [4.69, 9.17) is 9.47 Å². The highest BCUT2D eigenvalue weighted by atomic mass is 127. The second kappa shape index (κ2) is 13.2. The molecule has 0 aromatic carbocycles. The Morgan fingerprint density at radius 1 is 1.32 bits per heavy atom. The molecule has 1 aromatic heterocycles. The van der Waals surface area contributed by atoms with Crippen LogP contribution in [0.3, 0.4) is 0 Å². The van der Waals surface area contributed by atoms with Crippen LogP contribution < -0.4 is 15.4 Å². The van der Waals surface area contributed by atoms with Gasteiger partial charge in [0, 0.05) is 45.6 Å². The number of aliphatic imine (C=N–C) groups is 1. The number of ether oxygens (including phenoxy) is 2. The number of nitrogens with one attached hydrogen (secondary N) is 2. The molecule has 0 radical (unpaired) electrons. The van der Waals surface area contributed by atoms with Gasteiger partial charge in [-0.15, -0.1) is 24.0 Å². The van der Waals surface area contributed by atoms with Gasteiger partial charge in [-0.1, -0.05) is 0 Å². The Morgan fingerprint density at radius 2 is 2.16 bits per heavy atom. The molecule has 0 unspecified atom stereocenters. The van der Waals surface area contributed by atoms with E-state index >= 15 is 0 Å². The molecule has 0 bridgehead atoms. The van der Waals surface area contributed by atoms with Crippen LogP contribution in [0.2, 0.25) is 0 Å². The van der Waals surface area contributed by atoms with E-state index in [1.54, 1.807) is 13.2 Å². The van der Waals surface area contributed by atoms with E-state index in [-0.39, 0.29) is 24.0 Å². The largest absolute Gasteiger partial charge is 0.477 e. The van der Waals surface area contributed by atoms with Crippen molar-refractivity contribution in [1.82, 2.24) is 15.6 Å². The van der Waals surface area contributed by atoms with Crippen molar-refractivity contribution < 1.29 is 9.47 Å². The predicted molar refractivity (Wildman–Crippen MR) is 112 cm³/mol. The highest BCUT2D eigenvalue weighted by Crippen LogP contribution is 2.29. The molecule has 2 rings (SSSR count). The Morgan fingerprint density at radius 3 is 2.88 bits per heavy atom. The predicted octanol–water partition coefficient (Wildman–Crippen LogP) is 2.97. The number of halogens is 1. The van der Waals surface area contributed by atoms with Gasteiger partial charge in [0.25, 0.3) is 0 Å². The second-order valence-corrected chi connectivity index (χ2v) is 6.01. The lowest BCUT2D eigenvalue weighted by Crippen LogP contribution is -2.37. The summed E-state index contributed by atoms with van der Waals surface area (Å²) in [6.07, 6.45) is 6.49. The molecule has 25 heavy (non-hydrogen) atoms. The molecule has 6 nitrogen and oxygen atoms in total. The Bertz CT molecular complexity index is 510. The summed E-state index contributed by atoms with van der Waals surface area (Å²) >= 11 is 0. The van der Waals surface area contributed by atoms with E-state index in [9.17, 15) is 0 Å². The fourth-order valence-electron chi connectivity index (χ4n) is 2.21. The molecule has 0 aliphatic heterocycles. The van der Waals surface area contributed by atoms with Crippen LogP contribution in [0, 0.1) is 5.92 Å². The highest BCUT2D eigenvalue weighted by molar-refractivity contribution is 14.0. The molecule has 1 fully saturated rings. The molecule has 142 valence electrons. The lowest BCUT2D eigenvalue weighted by Gasteiger charge is -2.12. The van der Waals surface area contributed by atoms with Crippen LogP contribution in [0.25, 0.3) is 0 Å². The number of guanidine groups is 1. The van der Waals surface area contributed by atoms with Crippen molar-refractivity contribution in [2.24, 2.45) is 10.9 Å². The summed E-state index contributed by atoms with van der Waals surface area (Å²) in [6.45, 7) is 6.00. The smallest absolute Gasteiger partial charge is 0.213 e. The molecule has 1 aliphatic rings. The third-order valence-electron chi connectivity index (χ3n) is 3.86. The third-order valence-corrected chi connectivity index (χ3v) is 3.86. The van der Waals surface area contributed by atoms with E-state index in [1.807, 2.05) is 19.1 Å². The van der Waals surface area contributed by atoms with E-state index in [1.165, 1.54) is 12.8 Å². The summed E-state index contributed by atoms with van der Waals surface area (Å²) in [5.41, 5.74) is 1.13. The van der Waals surface area contributed by atoms with E-state index in [0.717, 1.165) is 56.6 Å². The topological polar surface area (TPSA) is 67.8 Å². The minimum absolute atomic E-state index is 0. The first kappa shape index (κ1) is 22.0. The van der Waals surface area contributed by atoms with E-state index < -0.39 is 0 Å². The van der Waals surface area contributed by atoms with Crippen molar-refractivity contribution in [1.29, 1.82) is 0 Å². The van der Waals surface area contributed by atoms with Gasteiger partial charge in [0.2, 0.25) is 5.88 Å². The first-order chi connectivity index (χ1) is 11.8. The normalized spacial score (nSPS) is 13.9. The van der Waals surface area contributed by atoms with Crippen LogP contribution >= 0.6 is 24.0 Å². The van der Waals surface area contributed by atoms with Gasteiger partial charge in [-0.2, -0.15) is 0 Å². The molecule has 7 heteroatoms. The number of rotatable bonds is 11. The fourth-order valence-corrected chi connectivity index (χ4v) is 2.21. The third kappa shape index (κ3) is 9.84. The summed E-state index contributed by atoms with van der Waals surface area (Å²) in [4.78, 5) is 8.51. The summed E-state index contributed by atoms with van der Waals surface area (Å²) < 4.78 is 11.0. The van der Waals surface area contributed by atoms with Crippen LogP contribution in [0.5, 0.6) is 5.88 Å². The quantitative estimate of drug-likeness (QED) is 0.229. The Hall–Kier alpha value is -1.09. The minimum atomic E-state index is 0.